The number of thiophene rings is 1. The van der Waals surface area contributed by atoms with Crippen LogP contribution in [0.4, 0.5) is 17.1 Å². The summed E-state index contributed by atoms with van der Waals surface area (Å²) >= 11 is 1.86. The smallest absolute Gasteiger partial charge is 0.137 e. The van der Waals surface area contributed by atoms with Crippen LogP contribution in [0.1, 0.15) is 22.3 Å². The SMILES string of the molecule is c1ccc(-c2ccc3oc4cccc(N(c5cccc(C6(c7ccccc7)c7ccccc7-c7c(-c8ccccc8)cccc76)c5)c5ccc6sc7cccc(-c8ccccc8)c7c6c5)c4c3c2)cc1. The van der Waals surface area contributed by atoms with Crippen LogP contribution in [0.15, 0.2) is 265 Å². The van der Waals surface area contributed by atoms with Gasteiger partial charge in [0.05, 0.1) is 16.5 Å². The molecule has 0 bridgehead atoms. The molecule has 0 saturated heterocycles. The number of nitrogens with zero attached hydrogens (tertiary/aromatic N) is 1. The lowest BCUT2D eigenvalue weighted by Crippen LogP contribution is -2.29. The average molecular weight is 910 g/mol. The summed E-state index contributed by atoms with van der Waals surface area (Å²) in [6, 6.07) is 95.6. The van der Waals surface area contributed by atoms with E-state index in [4.69, 9.17) is 4.42 Å². The number of furan rings is 1. The molecule has 0 aliphatic heterocycles. The van der Waals surface area contributed by atoms with Crippen LogP contribution < -0.4 is 4.90 Å². The third kappa shape index (κ3) is 6.19. The third-order valence-electron chi connectivity index (χ3n) is 14.5. The lowest BCUT2D eigenvalue weighted by Gasteiger charge is -2.35. The van der Waals surface area contributed by atoms with Crippen molar-refractivity contribution in [2.24, 2.45) is 0 Å². The van der Waals surface area contributed by atoms with E-state index in [2.05, 4.69) is 266 Å². The molecular weight excluding hydrogens is 867 g/mol. The molecule has 0 N–H and O–H groups in total. The maximum absolute atomic E-state index is 6.77. The van der Waals surface area contributed by atoms with Gasteiger partial charge in [-0.3, -0.25) is 0 Å². The summed E-state index contributed by atoms with van der Waals surface area (Å²) in [6.45, 7) is 0. The summed E-state index contributed by atoms with van der Waals surface area (Å²) in [5, 5.41) is 4.67. The first-order valence-electron chi connectivity index (χ1n) is 24.0. The Morgan fingerprint density at radius 2 is 0.957 bits per heavy atom. The minimum Gasteiger partial charge on any atom is -0.456 e. The van der Waals surface area contributed by atoms with Crippen molar-refractivity contribution < 1.29 is 4.42 Å². The van der Waals surface area contributed by atoms with Gasteiger partial charge in [0, 0.05) is 36.9 Å². The summed E-state index contributed by atoms with van der Waals surface area (Å²) in [5.74, 6) is 0. The second-order valence-electron chi connectivity index (χ2n) is 18.3. The van der Waals surface area contributed by atoms with Crippen LogP contribution in [0.25, 0.3) is 86.6 Å². The number of rotatable bonds is 8. The van der Waals surface area contributed by atoms with Gasteiger partial charge in [-0.15, -0.1) is 11.3 Å². The van der Waals surface area contributed by atoms with Gasteiger partial charge in [0.15, 0.2) is 0 Å². The van der Waals surface area contributed by atoms with Gasteiger partial charge in [0.1, 0.15) is 11.2 Å². The number of anilines is 3. The molecule has 0 radical (unpaired) electrons. The van der Waals surface area contributed by atoms with Gasteiger partial charge in [-0.1, -0.05) is 200 Å². The van der Waals surface area contributed by atoms with Gasteiger partial charge < -0.3 is 9.32 Å². The van der Waals surface area contributed by atoms with Crippen LogP contribution in [-0.4, -0.2) is 0 Å². The summed E-state index contributed by atoms with van der Waals surface area (Å²) in [4.78, 5) is 2.48. The molecule has 1 atom stereocenters. The number of benzene rings is 11. The van der Waals surface area contributed by atoms with Crippen molar-refractivity contribution in [3.8, 4) is 44.5 Å². The fraction of sp³-hybridized carbons (Fsp3) is 0.0149. The number of hydrogen-bond acceptors (Lipinski definition) is 3. The number of fused-ring (bicyclic) bond motifs is 9. The molecule has 0 amide bonds. The van der Waals surface area contributed by atoms with Gasteiger partial charge in [0.25, 0.3) is 0 Å². The van der Waals surface area contributed by atoms with Crippen molar-refractivity contribution in [1.82, 2.24) is 0 Å². The average Bonchev–Trinajstić information content (AvgIpc) is 4.10. The molecule has 2 nitrogen and oxygen atoms in total. The summed E-state index contributed by atoms with van der Waals surface area (Å²) in [6.07, 6.45) is 0. The summed E-state index contributed by atoms with van der Waals surface area (Å²) < 4.78 is 9.30. The van der Waals surface area contributed by atoms with Gasteiger partial charge in [-0.2, -0.15) is 0 Å². The van der Waals surface area contributed by atoms with Crippen molar-refractivity contribution in [2.45, 2.75) is 5.41 Å². The fourth-order valence-electron chi connectivity index (χ4n) is 11.6. The highest BCUT2D eigenvalue weighted by atomic mass is 32.1. The van der Waals surface area contributed by atoms with Gasteiger partial charge in [-0.25, -0.2) is 0 Å². The Balaban J connectivity index is 1.06. The molecule has 0 saturated carbocycles. The Morgan fingerprint density at radius 1 is 0.343 bits per heavy atom. The van der Waals surface area contributed by atoms with Gasteiger partial charge >= 0.3 is 0 Å². The molecular formula is C67H43NOS. The van der Waals surface area contributed by atoms with Crippen LogP contribution in [0, 0.1) is 0 Å². The molecule has 11 aromatic carbocycles. The Hall–Kier alpha value is -8.76. The first-order chi connectivity index (χ1) is 34.7. The monoisotopic (exact) mass is 909 g/mol. The van der Waals surface area contributed by atoms with Crippen LogP contribution >= 0.6 is 11.3 Å². The predicted molar refractivity (Wildman–Crippen MR) is 295 cm³/mol. The highest BCUT2D eigenvalue weighted by Gasteiger charge is 2.47. The van der Waals surface area contributed by atoms with Crippen molar-refractivity contribution in [3.05, 3.63) is 283 Å². The quantitative estimate of drug-likeness (QED) is 0.151. The minimum absolute atomic E-state index is 0.628. The first kappa shape index (κ1) is 40.3. The van der Waals surface area contributed by atoms with Gasteiger partial charge in [0.2, 0.25) is 0 Å². The summed E-state index contributed by atoms with van der Waals surface area (Å²) in [7, 11) is 0. The van der Waals surface area contributed by atoms with Crippen molar-refractivity contribution in [2.75, 3.05) is 4.90 Å². The highest BCUT2D eigenvalue weighted by Crippen LogP contribution is 2.59. The van der Waals surface area contributed by atoms with E-state index in [0.717, 1.165) is 44.6 Å². The molecule has 328 valence electrons. The zero-order chi connectivity index (χ0) is 46.2. The molecule has 2 aromatic heterocycles. The van der Waals surface area contributed by atoms with Crippen molar-refractivity contribution >= 4 is 70.5 Å². The van der Waals surface area contributed by atoms with Gasteiger partial charge in [-0.05, 0) is 127 Å². The molecule has 0 spiro atoms. The molecule has 70 heavy (non-hydrogen) atoms. The Morgan fingerprint density at radius 3 is 1.76 bits per heavy atom. The lowest BCUT2D eigenvalue weighted by atomic mass is 9.67. The van der Waals surface area contributed by atoms with E-state index >= 15 is 0 Å². The van der Waals surface area contributed by atoms with Crippen molar-refractivity contribution in [1.29, 1.82) is 0 Å². The van der Waals surface area contributed by atoms with Crippen LogP contribution in [0.2, 0.25) is 0 Å². The van der Waals surface area contributed by atoms with E-state index < -0.39 is 5.41 Å². The molecule has 1 aliphatic rings. The molecule has 13 aromatic rings. The highest BCUT2D eigenvalue weighted by molar-refractivity contribution is 7.26. The summed E-state index contributed by atoms with van der Waals surface area (Å²) in [5.41, 5.74) is 19.0. The largest absolute Gasteiger partial charge is 0.456 e. The Kier molecular flexibility index (Phi) is 9.33. The van der Waals surface area contributed by atoms with E-state index in [1.807, 2.05) is 11.3 Å². The standard InChI is InChI=1S/C67H43NOS/c1-5-19-44(20-6-1)47-37-39-60-55(41-47)66-59(34-18-35-61(66)69-60)68(51-38-40-62-56(43-51)65-53(31-17-36-63(65)70-62)46-23-9-3-10-24-46)50-28-15-27-49(42-50)67(48-25-11-4-12-26-48)57-32-14-13-29-54(57)64-52(30-16-33-58(64)67)45-21-7-2-8-22-45/h1-43H. The Bertz CT molecular complexity index is 4120. The second-order valence-corrected chi connectivity index (χ2v) is 19.4. The Labute approximate surface area is 410 Å². The molecule has 1 unspecified atom stereocenters. The fourth-order valence-corrected chi connectivity index (χ4v) is 12.7. The second kappa shape index (κ2) is 16.2. The van der Waals surface area contributed by atoms with Crippen LogP contribution in [0.5, 0.6) is 0 Å². The molecule has 2 heterocycles. The van der Waals surface area contributed by atoms with Crippen LogP contribution in [-0.2, 0) is 5.41 Å². The molecule has 1 aliphatic carbocycles. The first-order valence-corrected chi connectivity index (χ1v) is 24.8. The normalized spacial score (nSPS) is 14.1. The minimum atomic E-state index is -0.628. The molecule has 14 rings (SSSR count). The molecule has 3 heteroatoms. The third-order valence-corrected chi connectivity index (χ3v) is 15.7. The zero-order valence-electron chi connectivity index (χ0n) is 38.1. The molecule has 0 fully saturated rings. The van der Waals surface area contributed by atoms with E-state index in [9.17, 15) is 0 Å². The predicted octanol–water partition coefficient (Wildman–Crippen LogP) is 18.8. The van der Waals surface area contributed by atoms with Crippen LogP contribution in [0.3, 0.4) is 0 Å². The topological polar surface area (TPSA) is 16.4 Å². The van der Waals surface area contributed by atoms with Crippen molar-refractivity contribution in [3.63, 3.8) is 0 Å². The number of hydrogen-bond donors (Lipinski definition) is 0. The van der Waals surface area contributed by atoms with E-state index in [1.165, 1.54) is 81.4 Å². The zero-order valence-corrected chi connectivity index (χ0v) is 38.9. The van der Waals surface area contributed by atoms with E-state index in [1.54, 1.807) is 0 Å². The lowest BCUT2D eigenvalue weighted by molar-refractivity contribution is 0.669. The van der Waals surface area contributed by atoms with E-state index in [-0.39, 0.29) is 0 Å². The van der Waals surface area contributed by atoms with E-state index in [0.29, 0.717) is 0 Å². The maximum Gasteiger partial charge on any atom is 0.137 e. The maximum atomic E-state index is 6.77.